The first-order valence-corrected chi connectivity index (χ1v) is 6.65. The van der Waals surface area contributed by atoms with E-state index in [0.29, 0.717) is 12.1 Å². The molecular formula is C15H23NO. The van der Waals surface area contributed by atoms with Gasteiger partial charge >= 0.3 is 0 Å². The normalized spacial score (nSPS) is 18.8. The smallest absolute Gasteiger partial charge is 0.123 e. The number of hydrogen-bond donors (Lipinski definition) is 1. The van der Waals surface area contributed by atoms with E-state index in [9.17, 15) is 0 Å². The van der Waals surface area contributed by atoms with Crippen LogP contribution in [0.3, 0.4) is 0 Å². The molecule has 0 amide bonds. The molecule has 2 rings (SSSR count). The van der Waals surface area contributed by atoms with Crippen LogP contribution in [0.4, 0.5) is 0 Å². The Labute approximate surface area is 104 Å². The van der Waals surface area contributed by atoms with Crippen molar-refractivity contribution in [2.75, 3.05) is 7.11 Å². The third kappa shape index (κ3) is 3.01. The summed E-state index contributed by atoms with van der Waals surface area (Å²) in [6.45, 7) is 4.49. The Balaban J connectivity index is 2.04. The van der Waals surface area contributed by atoms with Gasteiger partial charge in [0.1, 0.15) is 5.75 Å². The Bertz CT molecular complexity index is 360. The van der Waals surface area contributed by atoms with E-state index in [2.05, 4.69) is 31.3 Å². The van der Waals surface area contributed by atoms with Crippen LogP contribution in [0.25, 0.3) is 0 Å². The van der Waals surface area contributed by atoms with Gasteiger partial charge < -0.3 is 10.1 Å². The minimum absolute atomic E-state index is 0.358. The number of methoxy groups -OCH3 is 1. The van der Waals surface area contributed by atoms with Crippen LogP contribution in [0.15, 0.2) is 24.3 Å². The van der Waals surface area contributed by atoms with E-state index < -0.39 is 0 Å². The molecule has 2 nitrogen and oxygen atoms in total. The Morgan fingerprint density at radius 1 is 1.35 bits per heavy atom. The Morgan fingerprint density at radius 2 is 2.06 bits per heavy atom. The molecule has 2 atom stereocenters. The van der Waals surface area contributed by atoms with Crippen molar-refractivity contribution in [3.8, 4) is 5.75 Å². The van der Waals surface area contributed by atoms with Crippen LogP contribution in [0.1, 0.15) is 44.7 Å². The lowest BCUT2D eigenvalue weighted by atomic mass is 10.0. The molecule has 1 fully saturated rings. The van der Waals surface area contributed by atoms with Crippen molar-refractivity contribution >= 4 is 0 Å². The van der Waals surface area contributed by atoms with E-state index >= 15 is 0 Å². The zero-order chi connectivity index (χ0) is 12.3. The fraction of sp³-hybridized carbons (Fsp3) is 0.600. The zero-order valence-corrected chi connectivity index (χ0v) is 11.1. The summed E-state index contributed by atoms with van der Waals surface area (Å²) in [4.78, 5) is 0. The molecule has 94 valence electrons. The van der Waals surface area contributed by atoms with Gasteiger partial charge in [-0.3, -0.25) is 0 Å². The highest BCUT2D eigenvalue weighted by atomic mass is 16.5. The molecule has 0 heterocycles. The van der Waals surface area contributed by atoms with Crippen molar-refractivity contribution in [1.82, 2.24) is 5.32 Å². The van der Waals surface area contributed by atoms with Gasteiger partial charge in [-0.1, -0.05) is 25.1 Å². The van der Waals surface area contributed by atoms with E-state index in [0.717, 1.165) is 11.7 Å². The van der Waals surface area contributed by atoms with Crippen LogP contribution >= 0.6 is 0 Å². The molecule has 0 aliphatic heterocycles. The molecule has 0 aromatic heterocycles. The maximum Gasteiger partial charge on any atom is 0.123 e. The highest BCUT2D eigenvalue weighted by molar-refractivity contribution is 5.35. The summed E-state index contributed by atoms with van der Waals surface area (Å²) in [5.74, 6) is 1.88. The quantitative estimate of drug-likeness (QED) is 0.811. The number of hydrogen-bond acceptors (Lipinski definition) is 2. The molecule has 1 aliphatic rings. The summed E-state index contributed by atoms with van der Waals surface area (Å²) in [5, 5.41) is 3.74. The number of nitrogens with one attached hydrogen (secondary N) is 1. The second-order valence-corrected chi connectivity index (χ2v) is 4.98. The van der Waals surface area contributed by atoms with Crippen LogP contribution < -0.4 is 10.1 Å². The highest BCUT2D eigenvalue weighted by Gasteiger charge is 2.30. The van der Waals surface area contributed by atoms with Crippen LogP contribution in [0, 0.1) is 5.92 Å². The molecule has 1 aromatic rings. The van der Waals surface area contributed by atoms with Crippen molar-refractivity contribution in [1.29, 1.82) is 0 Å². The first-order chi connectivity index (χ1) is 8.26. The molecule has 0 spiro atoms. The van der Waals surface area contributed by atoms with Crippen LogP contribution in [0.5, 0.6) is 5.75 Å². The molecule has 0 bridgehead atoms. The second kappa shape index (κ2) is 5.54. The lowest BCUT2D eigenvalue weighted by Gasteiger charge is -2.23. The third-order valence-corrected chi connectivity index (χ3v) is 3.70. The molecule has 0 radical (unpaired) electrons. The monoisotopic (exact) mass is 233 g/mol. The Hall–Kier alpha value is -1.02. The molecule has 1 saturated carbocycles. The number of rotatable bonds is 6. The third-order valence-electron chi connectivity index (χ3n) is 3.70. The van der Waals surface area contributed by atoms with Gasteiger partial charge in [0, 0.05) is 17.6 Å². The van der Waals surface area contributed by atoms with E-state index in [1.54, 1.807) is 7.11 Å². The highest BCUT2D eigenvalue weighted by Crippen LogP contribution is 2.35. The van der Waals surface area contributed by atoms with Gasteiger partial charge in [0.15, 0.2) is 0 Å². The maximum absolute atomic E-state index is 5.42. The van der Waals surface area contributed by atoms with Gasteiger partial charge in [-0.05, 0) is 38.2 Å². The first kappa shape index (κ1) is 12.4. The van der Waals surface area contributed by atoms with Gasteiger partial charge in [0.25, 0.3) is 0 Å². The van der Waals surface area contributed by atoms with Gasteiger partial charge in [-0.25, -0.2) is 0 Å². The minimum Gasteiger partial charge on any atom is -0.496 e. The predicted octanol–water partition coefficient (Wildman–Crippen LogP) is 3.53. The van der Waals surface area contributed by atoms with Crippen LogP contribution in [0.2, 0.25) is 0 Å². The minimum atomic E-state index is 0.358. The van der Waals surface area contributed by atoms with Crippen molar-refractivity contribution < 1.29 is 4.74 Å². The summed E-state index contributed by atoms with van der Waals surface area (Å²) in [7, 11) is 1.74. The predicted molar refractivity (Wildman–Crippen MR) is 71.3 cm³/mol. The molecule has 2 heteroatoms. The van der Waals surface area contributed by atoms with Crippen molar-refractivity contribution in [3.63, 3.8) is 0 Å². The first-order valence-electron chi connectivity index (χ1n) is 6.65. The maximum atomic E-state index is 5.42. The molecule has 1 N–H and O–H groups in total. The van der Waals surface area contributed by atoms with Gasteiger partial charge in [-0.2, -0.15) is 0 Å². The summed E-state index contributed by atoms with van der Waals surface area (Å²) in [6.07, 6.45) is 4.00. The fourth-order valence-electron chi connectivity index (χ4n) is 2.52. The average Bonchev–Trinajstić information content (AvgIpc) is 3.19. The van der Waals surface area contributed by atoms with Crippen molar-refractivity contribution in [2.24, 2.45) is 5.92 Å². The van der Waals surface area contributed by atoms with E-state index in [-0.39, 0.29) is 0 Å². The van der Waals surface area contributed by atoms with E-state index in [4.69, 9.17) is 4.74 Å². The van der Waals surface area contributed by atoms with Gasteiger partial charge in [-0.15, -0.1) is 0 Å². The summed E-state index contributed by atoms with van der Waals surface area (Å²) in [6, 6.07) is 9.30. The van der Waals surface area contributed by atoms with Crippen LogP contribution in [-0.4, -0.2) is 13.2 Å². The zero-order valence-electron chi connectivity index (χ0n) is 11.1. The van der Waals surface area contributed by atoms with Gasteiger partial charge in [0.2, 0.25) is 0 Å². The van der Waals surface area contributed by atoms with Gasteiger partial charge in [0.05, 0.1) is 7.11 Å². The summed E-state index contributed by atoms with van der Waals surface area (Å²) >= 11 is 0. The molecular weight excluding hydrogens is 210 g/mol. The molecule has 1 aromatic carbocycles. The van der Waals surface area contributed by atoms with Crippen molar-refractivity contribution in [3.05, 3.63) is 29.8 Å². The lowest BCUT2D eigenvalue weighted by molar-refractivity contribution is 0.377. The topological polar surface area (TPSA) is 21.3 Å². The Morgan fingerprint density at radius 3 is 2.65 bits per heavy atom. The van der Waals surface area contributed by atoms with E-state index in [1.165, 1.54) is 24.8 Å². The molecule has 0 saturated heterocycles. The molecule has 1 aliphatic carbocycles. The summed E-state index contributed by atoms with van der Waals surface area (Å²) in [5.41, 5.74) is 1.26. The van der Waals surface area contributed by atoms with Crippen molar-refractivity contribution in [2.45, 2.75) is 45.2 Å². The molecule has 1 unspecified atom stereocenters. The number of ether oxygens (including phenoxy) is 1. The number of benzene rings is 1. The largest absolute Gasteiger partial charge is 0.496 e. The second-order valence-electron chi connectivity index (χ2n) is 4.98. The molecule has 17 heavy (non-hydrogen) atoms. The average molecular weight is 233 g/mol. The lowest BCUT2D eigenvalue weighted by Crippen LogP contribution is -2.32. The van der Waals surface area contributed by atoms with E-state index in [1.807, 2.05) is 12.1 Å². The Kier molecular flexibility index (Phi) is 4.06. The number of para-hydroxylation sites is 1. The standard InChI is InChI=1S/C15H23NO/c1-4-14(12-9-10-12)16-11(2)13-7-5-6-8-15(13)17-3/h5-8,11-12,14,16H,4,9-10H2,1-3H3/t11-,14?/m1/s1. The SMILES string of the molecule is CCC(N[C@H](C)c1ccccc1OC)C1CC1. The summed E-state index contributed by atoms with van der Waals surface area (Å²) < 4.78 is 5.42. The fourth-order valence-corrected chi connectivity index (χ4v) is 2.52. The van der Waals surface area contributed by atoms with Crippen LogP contribution in [-0.2, 0) is 0 Å².